The van der Waals surface area contributed by atoms with Crippen molar-refractivity contribution in [1.82, 2.24) is 0 Å². The van der Waals surface area contributed by atoms with Crippen LogP contribution in [-0.4, -0.2) is 23.2 Å². The van der Waals surface area contributed by atoms with Crippen molar-refractivity contribution in [2.24, 2.45) is 0 Å². The third kappa shape index (κ3) is 6.54. The van der Waals surface area contributed by atoms with Gasteiger partial charge in [-0.25, -0.2) is 4.79 Å². The van der Waals surface area contributed by atoms with E-state index in [1.807, 2.05) is 0 Å². The molecule has 0 saturated heterocycles. The fourth-order valence-corrected chi connectivity index (χ4v) is 1.71. The Kier molecular flexibility index (Phi) is 5.57. The van der Waals surface area contributed by atoms with Gasteiger partial charge in [0.25, 0.3) is 0 Å². The maximum absolute atomic E-state index is 12.8. The minimum atomic E-state index is -4.59. The molecule has 0 aliphatic carbocycles. The molecule has 1 amide bonds. The molecule has 1 rings (SSSR count). The van der Waals surface area contributed by atoms with Crippen LogP contribution in [0.3, 0.4) is 0 Å². The van der Waals surface area contributed by atoms with Crippen LogP contribution in [0.5, 0.6) is 0 Å². The first-order valence-corrected chi connectivity index (χ1v) is 6.70. The second-order valence-electron chi connectivity index (χ2n) is 5.80. The molecule has 0 atom stereocenters. The second-order valence-corrected chi connectivity index (χ2v) is 5.80. The molecule has 6 nitrogen and oxygen atoms in total. The maximum Gasteiger partial charge on any atom is 0.416 e. The van der Waals surface area contributed by atoms with Crippen molar-refractivity contribution in [3.8, 4) is 0 Å². The molecule has 0 aromatic heterocycles. The first-order valence-electron chi connectivity index (χ1n) is 6.70. The number of carbonyl (C=O) groups excluding carboxylic acids is 1. The van der Waals surface area contributed by atoms with Crippen molar-refractivity contribution < 1.29 is 27.6 Å². The zero-order chi connectivity index (χ0) is 17.8. The van der Waals surface area contributed by atoms with Crippen LogP contribution in [0.15, 0.2) is 18.2 Å². The lowest BCUT2D eigenvalue weighted by atomic mass is 10.1. The summed E-state index contributed by atoms with van der Waals surface area (Å²) < 4.78 is 43.3. The number of anilines is 1. The van der Waals surface area contributed by atoms with Gasteiger partial charge in [-0.15, -0.1) is 0 Å². The molecule has 0 aliphatic heterocycles. The van der Waals surface area contributed by atoms with Gasteiger partial charge in [0, 0.05) is 17.0 Å². The summed E-state index contributed by atoms with van der Waals surface area (Å²) in [5.41, 5.74) is -1.72. The van der Waals surface area contributed by atoms with Crippen LogP contribution >= 0.6 is 0 Å². The lowest BCUT2D eigenvalue weighted by Gasteiger charge is -2.21. The van der Waals surface area contributed by atoms with Gasteiger partial charge in [0.15, 0.2) is 0 Å². The molecule has 0 spiro atoms. The smallest absolute Gasteiger partial charge is 0.416 e. The number of alkyl halides is 3. The third-order valence-corrected chi connectivity index (χ3v) is 2.64. The Balaban J connectivity index is 3.07. The number of rotatable bonds is 4. The van der Waals surface area contributed by atoms with Gasteiger partial charge in [0.2, 0.25) is 6.54 Å². The third-order valence-electron chi connectivity index (χ3n) is 2.64. The average molecular weight is 334 g/mol. The molecule has 0 aliphatic rings. The zero-order valence-corrected chi connectivity index (χ0v) is 12.9. The van der Waals surface area contributed by atoms with E-state index in [1.165, 1.54) is 0 Å². The average Bonchev–Trinajstić information content (AvgIpc) is 2.33. The molecule has 23 heavy (non-hydrogen) atoms. The van der Waals surface area contributed by atoms with Gasteiger partial charge in [-0.2, -0.15) is 13.2 Å². The Labute approximate surface area is 130 Å². The summed E-state index contributed by atoms with van der Waals surface area (Å²) in [5.74, 6) is 0. The summed E-state index contributed by atoms with van der Waals surface area (Å²) in [7, 11) is 0. The van der Waals surface area contributed by atoms with Crippen molar-refractivity contribution in [3.05, 3.63) is 39.4 Å². The van der Waals surface area contributed by atoms with E-state index in [-0.39, 0.29) is 17.7 Å². The van der Waals surface area contributed by atoms with Crippen LogP contribution in [-0.2, 0) is 17.3 Å². The predicted octanol–water partition coefficient (Wildman–Crippen LogP) is 3.87. The number of hydrogen-bond acceptors (Lipinski definition) is 4. The van der Waals surface area contributed by atoms with E-state index in [2.05, 4.69) is 5.32 Å². The number of ether oxygens (including phenoxy) is 1. The fourth-order valence-electron chi connectivity index (χ4n) is 1.71. The SMILES string of the molecule is CC(C)(C)OC(=O)Nc1cc(C(F)(F)F)ccc1CC[N+](=O)[O-]. The van der Waals surface area contributed by atoms with E-state index in [9.17, 15) is 28.1 Å². The van der Waals surface area contributed by atoms with Gasteiger partial charge in [-0.1, -0.05) is 6.07 Å². The molecule has 0 fully saturated rings. The Hall–Kier alpha value is -2.32. The number of amides is 1. The first kappa shape index (κ1) is 18.7. The largest absolute Gasteiger partial charge is 0.444 e. The van der Waals surface area contributed by atoms with E-state index in [4.69, 9.17) is 4.74 Å². The molecule has 0 heterocycles. The van der Waals surface area contributed by atoms with Crippen LogP contribution in [0.2, 0.25) is 0 Å². The molecule has 1 N–H and O–H groups in total. The molecule has 0 unspecified atom stereocenters. The van der Waals surface area contributed by atoms with Crippen molar-refractivity contribution >= 4 is 11.8 Å². The zero-order valence-electron chi connectivity index (χ0n) is 12.9. The van der Waals surface area contributed by atoms with Gasteiger partial charge in [-0.3, -0.25) is 15.4 Å². The highest BCUT2D eigenvalue weighted by Gasteiger charge is 2.31. The molecule has 0 saturated carbocycles. The van der Waals surface area contributed by atoms with E-state index < -0.39 is 34.9 Å². The van der Waals surface area contributed by atoms with Crippen LogP contribution in [0.1, 0.15) is 31.9 Å². The molecule has 128 valence electrons. The topological polar surface area (TPSA) is 81.5 Å². The lowest BCUT2D eigenvalue weighted by Crippen LogP contribution is -2.27. The Bertz CT molecular complexity index is 595. The number of nitrogens with one attached hydrogen (secondary N) is 1. The van der Waals surface area contributed by atoms with Crippen molar-refractivity contribution in [1.29, 1.82) is 0 Å². The predicted molar refractivity (Wildman–Crippen MR) is 76.9 cm³/mol. The highest BCUT2D eigenvalue weighted by atomic mass is 19.4. The maximum atomic E-state index is 12.8. The molecule has 1 aromatic rings. The monoisotopic (exact) mass is 334 g/mol. The number of halogens is 3. The number of nitrogens with zero attached hydrogens (tertiary/aromatic N) is 1. The number of carbonyl (C=O) groups is 1. The number of nitro groups is 1. The number of benzene rings is 1. The van der Waals surface area contributed by atoms with Gasteiger partial charge in [0.1, 0.15) is 5.60 Å². The second kappa shape index (κ2) is 6.84. The highest BCUT2D eigenvalue weighted by Crippen LogP contribution is 2.32. The minimum absolute atomic E-state index is 0.115. The summed E-state index contributed by atoms with van der Waals surface area (Å²) in [6.45, 7) is 4.35. The van der Waals surface area contributed by atoms with Gasteiger partial charge < -0.3 is 4.74 Å². The summed E-state index contributed by atoms with van der Waals surface area (Å²) in [6.07, 6.45) is -5.64. The van der Waals surface area contributed by atoms with Crippen molar-refractivity contribution in [2.75, 3.05) is 11.9 Å². The van der Waals surface area contributed by atoms with Crippen LogP contribution < -0.4 is 5.32 Å². The van der Waals surface area contributed by atoms with Crippen molar-refractivity contribution in [2.45, 2.75) is 39.0 Å². The van der Waals surface area contributed by atoms with Crippen LogP contribution in [0.4, 0.5) is 23.7 Å². The fraction of sp³-hybridized carbons (Fsp3) is 0.500. The van der Waals surface area contributed by atoms with E-state index in [0.29, 0.717) is 0 Å². The van der Waals surface area contributed by atoms with E-state index >= 15 is 0 Å². The summed E-state index contributed by atoms with van der Waals surface area (Å²) in [5, 5.41) is 12.7. The standard InChI is InChI=1S/C14H17F3N2O4/c1-13(2,3)23-12(20)18-11-8-10(14(15,16)17)5-4-9(11)6-7-19(21)22/h4-5,8H,6-7H2,1-3H3,(H,18,20). The molecule has 0 bridgehead atoms. The van der Waals surface area contributed by atoms with Crippen LogP contribution in [0, 0.1) is 10.1 Å². The van der Waals surface area contributed by atoms with E-state index in [1.54, 1.807) is 20.8 Å². The molecule has 9 heteroatoms. The van der Waals surface area contributed by atoms with Gasteiger partial charge >= 0.3 is 12.3 Å². The summed E-state index contributed by atoms with van der Waals surface area (Å²) >= 11 is 0. The first-order chi connectivity index (χ1) is 10.4. The molecule has 1 aromatic carbocycles. The molecular formula is C14H17F3N2O4. The van der Waals surface area contributed by atoms with Gasteiger partial charge in [0.05, 0.1) is 5.56 Å². The molecular weight excluding hydrogens is 317 g/mol. The van der Waals surface area contributed by atoms with Crippen LogP contribution in [0.25, 0.3) is 0 Å². The summed E-state index contributed by atoms with van der Waals surface area (Å²) in [6, 6.07) is 2.66. The quantitative estimate of drug-likeness (QED) is 0.669. The Morgan fingerprint density at radius 1 is 1.30 bits per heavy atom. The molecule has 0 radical (unpaired) electrons. The van der Waals surface area contributed by atoms with Crippen molar-refractivity contribution in [3.63, 3.8) is 0 Å². The summed E-state index contributed by atoms with van der Waals surface area (Å²) in [4.78, 5) is 21.6. The highest BCUT2D eigenvalue weighted by molar-refractivity contribution is 5.86. The minimum Gasteiger partial charge on any atom is -0.444 e. The Morgan fingerprint density at radius 2 is 1.91 bits per heavy atom. The van der Waals surface area contributed by atoms with Gasteiger partial charge in [-0.05, 0) is 38.5 Å². The van der Waals surface area contributed by atoms with E-state index in [0.717, 1.165) is 18.2 Å². The number of hydrogen-bond donors (Lipinski definition) is 1. The lowest BCUT2D eigenvalue weighted by molar-refractivity contribution is -0.479. The normalized spacial score (nSPS) is 11.9. The Morgan fingerprint density at radius 3 is 2.39 bits per heavy atom.